The van der Waals surface area contributed by atoms with Crippen LogP contribution in [-0.2, 0) is 6.18 Å². The second kappa shape index (κ2) is 5.61. The lowest BCUT2D eigenvalue weighted by molar-refractivity contribution is -0.137. The summed E-state index contributed by atoms with van der Waals surface area (Å²) in [6.45, 7) is 0. The molecule has 1 aromatic carbocycles. The second-order valence-corrected chi connectivity index (χ2v) is 4.52. The van der Waals surface area contributed by atoms with Gasteiger partial charge in [0.2, 0.25) is 0 Å². The maximum atomic E-state index is 12.7. The van der Waals surface area contributed by atoms with Crippen molar-refractivity contribution in [3.63, 3.8) is 0 Å². The third-order valence-corrected chi connectivity index (χ3v) is 2.90. The van der Waals surface area contributed by atoms with Gasteiger partial charge in [-0.2, -0.15) is 13.2 Å². The Morgan fingerprint density at radius 3 is 2.57 bits per heavy atom. The van der Waals surface area contributed by atoms with Crippen LogP contribution in [0.5, 0.6) is 0 Å². The van der Waals surface area contributed by atoms with Gasteiger partial charge < -0.3 is 11.1 Å². The van der Waals surface area contributed by atoms with Crippen molar-refractivity contribution in [2.24, 2.45) is 0 Å². The summed E-state index contributed by atoms with van der Waals surface area (Å²) in [7, 11) is 0. The lowest BCUT2D eigenvalue weighted by Crippen LogP contribution is -2.14. The summed E-state index contributed by atoms with van der Waals surface area (Å²) in [5, 5.41) is 1.91. The Morgan fingerprint density at radius 2 is 1.95 bits per heavy atom. The minimum atomic E-state index is -4.60. The smallest absolute Gasteiger partial charge is 0.384 e. The number of pyridine rings is 1. The highest BCUT2D eigenvalue weighted by Crippen LogP contribution is 2.36. The van der Waals surface area contributed by atoms with Crippen molar-refractivity contribution in [3.8, 4) is 0 Å². The number of amides is 1. The number of nitrogens with two attached hydrogens (primary N) is 1. The van der Waals surface area contributed by atoms with E-state index in [1.54, 1.807) is 0 Å². The zero-order valence-electron chi connectivity index (χ0n) is 10.4. The molecule has 2 rings (SSSR count). The van der Waals surface area contributed by atoms with Crippen LogP contribution in [0.25, 0.3) is 0 Å². The minimum Gasteiger partial charge on any atom is -0.384 e. The van der Waals surface area contributed by atoms with E-state index in [-0.39, 0.29) is 17.1 Å². The zero-order valence-corrected chi connectivity index (χ0v) is 11.2. The van der Waals surface area contributed by atoms with Crippen LogP contribution in [0.4, 0.5) is 24.7 Å². The van der Waals surface area contributed by atoms with Crippen LogP contribution < -0.4 is 11.1 Å². The Balaban J connectivity index is 2.26. The number of nitrogens with one attached hydrogen (secondary N) is 1. The molecule has 1 amide bonds. The van der Waals surface area contributed by atoms with E-state index in [1.807, 2.05) is 0 Å². The van der Waals surface area contributed by atoms with Crippen LogP contribution in [0.3, 0.4) is 0 Å². The Morgan fingerprint density at radius 1 is 1.24 bits per heavy atom. The molecule has 8 heteroatoms. The van der Waals surface area contributed by atoms with E-state index < -0.39 is 22.7 Å². The molecular formula is C13H9ClF3N3O. The van der Waals surface area contributed by atoms with Gasteiger partial charge in [-0.1, -0.05) is 11.6 Å². The van der Waals surface area contributed by atoms with Crippen LogP contribution in [0.15, 0.2) is 36.5 Å². The standard InChI is InChI=1S/C13H9ClF3N3O/c14-10-2-1-8(6-9(10)13(15,16)17)20-12(21)7-3-4-19-11(18)5-7/h1-6H,(H2,18,19)(H,20,21). The van der Waals surface area contributed by atoms with Gasteiger partial charge in [-0.3, -0.25) is 4.79 Å². The molecule has 0 unspecified atom stereocenters. The molecule has 0 radical (unpaired) electrons. The van der Waals surface area contributed by atoms with Crippen molar-refractivity contribution < 1.29 is 18.0 Å². The molecule has 1 aromatic heterocycles. The van der Waals surface area contributed by atoms with Crippen LogP contribution in [0.2, 0.25) is 5.02 Å². The van der Waals surface area contributed by atoms with E-state index in [4.69, 9.17) is 17.3 Å². The minimum absolute atomic E-state index is 0.0212. The van der Waals surface area contributed by atoms with Crippen molar-refractivity contribution in [1.29, 1.82) is 0 Å². The molecule has 0 aliphatic carbocycles. The first kappa shape index (κ1) is 15.1. The molecule has 0 aliphatic rings. The van der Waals surface area contributed by atoms with E-state index in [0.717, 1.165) is 12.1 Å². The quantitative estimate of drug-likeness (QED) is 0.890. The molecule has 0 saturated heterocycles. The van der Waals surface area contributed by atoms with Crippen molar-refractivity contribution in [1.82, 2.24) is 4.98 Å². The number of carbonyl (C=O) groups excluding carboxylic acids is 1. The monoisotopic (exact) mass is 315 g/mol. The van der Waals surface area contributed by atoms with Crippen molar-refractivity contribution >= 4 is 29.0 Å². The Kier molecular flexibility index (Phi) is 4.04. The highest BCUT2D eigenvalue weighted by atomic mass is 35.5. The van der Waals surface area contributed by atoms with Crippen LogP contribution in [-0.4, -0.2) is 10.9 Å². The molecule has 3 N–H and O–H groups in total. The van der Waals surface area contributed by atoms with Gasteiger partial charge in [-0.05, 0) is 30.3 Å². The average molecular weight is 316 g/mol. The maximum absolute atomic E-state index is 12.7. The van der Waals surface area contributed by atoms with E-state index >= 15 is 0 Å². The van der Waals surface area contributed by atoms with Gasteiger partial charge in [-0.15, -0.1) is 0 Å². The van der Waals surface area contributed by atoms with E-state index in [2.05, 4.69) is 10.3 Å². The molecule has 1 heterocycles. The fourth-order valence-corrected chi connectivity index (χ4v) is 1.84. The van der Waals surface area contributed by atoms with Crippen LogP contribution >= 0.6 is 11.6 Å². The Hall–Kier alpha value is -2.28. The summed E-state index contributed by atoms with van der Waals surface area (Å²) in [5.41, 5.74) is 4.58. The molecule has 0 saturated carbocycles. The van der Waals surface area contributed by atoms with E-state index in [9.17, 15) is 18.0 Å². The first-order valence-corrected chi connectivity index (χ1v) is 6.05. The number of anilines is 2. The summed E-state index contributed by atoms with van der Waals surface area (Å²) in [6, 6.07) is 5.83. The maximum Gasteiger partial charge on any atom is 0.417 e. The number of hydrogen-bond acceptors (Lipinski definition) is 3. The SMILES string of the molecule is Nc1cc(C(=O)Nc2ccc(Cl)c(C(F)(F)F)c2)ccn1. The molecule has 0 aliphatic heterocycles. The van der Waals surface area contributed by atoms with E-state index in [0.29, 0.717) is 0 Å². The van der Waals surface area contributed by atoms with Gasteiger partial charge in [0, 0.05) is 17.4 Å². The normalized spacial score (nSPS) is 11.2. The summed E-state index contributed by atoms with van der Waals surface area (Å²) in [5.74, 6) is -0.464. The summed E-state index contributed by atoms with van der Waals surface area (Å²) >= 11 is 5.50. The fourth-order valence-electron chi connectivity index (χ4n) is 1.61. The largest absolute Gasteiger partial charge is 0.417 e. The zero-order chi connectivity index (χ0) is 15.6. The average Bonchev–Trinajstić information content (AvgIpc) is 2.39. The topological polar surface area (TPSA) is 68.0 Å². The molecular weight excluding hydrogens is 307 g/mol. The van der Waals surface area contributed by atoms with Crippen LogP contribution in [0.1, 0.15) is 15.9 Å². The predicted octanol–water partition coefficient (Wildman–Crippen LogP) is 3.59. The van der Waals surface area contributed by atoms with Gasteiger partial charge >= 0.3 is 6.18 Å². The number of nitrogen functional groups attached to an aromatic ring is 1. The predicted molar refractivity (Wildman–Crippen MR) is 73.1 cm³/mol. The number of benzene rings is 1. The Bertz CT molecular complexity index is 689. The third-order valence-electron chi connectivity index (χ3n) is 2.57. The number of hydrogen-bond donors (Lipinski definition) is 2. The molecule has 110 valence electrons. The highest BCUT2D eigenvalue weighted by Gasteiger charge is 2.33. The molecule has 4 nitrogen and oxygen atoms in total. The molecule has 0 fully saturated rings. The van der Waals surface area contributed by atoms with E-state index in [1.165, 1.54) is 24.4 Å². The number of nitrogens with zero attached hydrogens (tertiary/aromatic N) is 1. The van der Waals surface area contributed by atoms with Gasteiger partial charge in [0.15, 0.2) is 0 Å². The number of halogens is 4. The lowest BCUT2D eigenvalue weighted by Gasteiger charge is -2.11. The number of alkyl halides is 3. The lowest BCUT2D eigenvalue weighted by atomic mass is 10.1. The molecule has 2 aromatic rings. The summed E-state index contributed by atoms with van der Waals surface area (Å²) in [4.78, 5) is 15.6. The number of carbonyl (C=O) groups is 1. The highest BCUT2D eigenvalue weighted by molar-refractivity contribution is 6.31. The van der Waals surface area contributed by atoms with Gasteiger partial charge in [0.05, 0.1) is 10.6 Å². The van der Waals surface area contributed by atoms with Crippen molar-refractivity contribution in [3.05, 3.63) is 52.7 Å². The fraction of sp³-hybridized carbons (Fsp3) is 0.0769. The third kappa shape index (κ3) is 3.63. The Labute approximate surface area is 122 Å². The van der Waals surface area contributed by atoms with Crippen molar-refractivity contribution in [2.45, 2.75) is 6.18 Å². The summed E-state index contributed by atoms with van der Waals surface area (Å²) < 4.78 is 38.2. The van der Waals surface area contributed by atoms with Gasteiger partial charge in [0.25, 0.3) is 5.91 Å². The molecule has 21 heavy (non-hydrogen) atoms. The number of rotatable bonds is 2. The summed E-state index contributed by atoms with van der Waals surface area (Å²) in [6.07, 6.45) is -3.27. The first-order valence-electron chi connectivity index (χ1n) is 5.67. The molecule has 0 atom stereocenters. The second-order valence-electron chi connectivity index (χ2n) is 4.12. The van der Waals surface area contributed by atoms with Crippen molar-refractivity contribution in [2.75, 3.05) is 11.1 Å². The van der Waals surface area contributed by atoms with Crippen LogP contribution in [0, 0.1) is 0 Å². The molecule has 0 spiro atoms. The number of aromatic nitrogens is 1. The van der Waals surface area contributed by atoms with Gasteiger partial charge in [0.1, 0.15) is 5.82 Å². The molecule has 0 bridgehead atoms. The first-order chi connectivity index (χ1) is 9.77. The van der Waals surface area contributed by atoms with Gasteiger partial charge in [-0.25, -0.2) is 4.98 Å².